The number of ether oxygens (including phenoxy) is 1. The lowest BCUT2D eigenvalue weighted by molar-refractivity contribution is -0.144. The van der Waals surface area contributed by atoms with Crippen molar-refractivity contribution in [2.45, 2.75) is 37.0 Å². The molecule has 43 heavy (non-hydrogen) atoms. The van der Waals surface area contributed by atoms with Crippen molar-refractivity contribution in [2.24, 2.45) is 11.8 Å². The summed E-state index contributed by atoms with van der Waals surface area (Å²) in [5.41, 5.74) is -0.919. The van der Waals surface area contributed by atoms with Gasteiger partial charge in [-0.1, -0.05) is 72.8 Å². The van der Waals surface area contributed by atoms with E-state index in [1.165, 1.54) is 0 Å². The molecule has 2 saturated heterocycles. The van der Waals surface area contributed by atoms with Gasteiger partial charge in [-0.25, -0.2) is 0 Å². The van der Waals surface area contributed by atoms with E-state index in [1.54, 1.807) is 14.7 Å². The Kier molecular flexibility index (Phi) is 6.71. The summed E-state index contributed by atoms with van der Waals surface area (Å²) in [7, 11) is 0. The number of likely N-dealkylation sites (tertiary alicyclic amines) is 1. The second-order valence-corrected chi connectivity index (χ2v) is 12.0. The Morgan fingerprint density at radius 1 is 0.767 bits per heavy atom. The van der Waals surface area contributed by atoms with Gasteiger partial charge in [0.25, 0.3) is 5.91 Å². The van der Waals surface area contributed by atoms with Gasteiger partial charge in [0.05, 0.1) is 17.4 Å². The van der Waals surface area contributed by atoms with Gasteiger partial charge in [0.1, 0.15) is 11.6 Å². The highest BCUT2D eigenvalue weighted by Gasteiger charge is 2.74. The lowest BCUT2D eigenvalue weighted by Crippen LogP contribution is -2.56. The highest BCUT2D eigenvalue weighted by Crippen LogP contribution is 2.57. The Morgan fingerprint density at radius 2 is 1.47 bits per heavy atom. The lowest BCUT2D eigenvalue weighted by atomic mass is 9.74. The SMILES string of the molecule is C[C@]12C=CCN(c3ccccc3)C(=O)[C@H]1[C@H]1C(=O)N(CCCCO)C3C(=O)N(c4ccc5ccccc5c4)CC=C[C@@]31O2. The fourth-order valence-corrected chi connectivity index (χ4v) is 7.57. The minimum absolute atomic E-state index is 0.00908. The summed E-state index contributed by atoms with van der Waals surface area (Å²) >= 11 is 0. The Hall–Kier alpha value is -4.27. The zero-order valence-electron chi connectivity index (χ0n) is 24.1. The molecule has 1 unspecified atom stereocenters. The molecule has 8 heteroatoms. The molecular formula is C35H35N3O5. The normalized spacial score (nSPS) is 30.0. The number of amides is 3. The first kappa shape index (κ1) is 27.6. The molecule has 3 aromatic carbocycles. The van der Waals surface area contributed by atoms with Crippen LogP contribution >= 0.6 is 0 Å². The van der Waals surface area contributed by atoms with Crippen LogP contribution in [0.15, 0.2) is 97.1 Å². The Morgan fingerprint density at radius 3 is 2.23 bits per heavy atom. The van der Waals surface area contributed by atoms with Crippen molar-refractivity contribution < 1.29 is 24.2 Å². The predicted octanol–water partition coefficient (Wildman–Crippen LogP) is 4.09. The van der Waals surface area contributed by atoms with Crippen molar-refractivity contribution in [2.75, 3.05) is 36.0 Å². The minimum Gasteiger partial charge on any atom is -0.396 e. The highest BCUT2D eigenvalue weighted by atomic mass is 16.5. The van der Waals surface area contributed by atoms with Gasteiger partial charge in [0.2, 0.25) is 11.8 Å². The molecule has 8 nitrogen and oxygen atoms in total. The minimum atomic E-state index is -1.32. The number of nitrogens with zero attached hydrogens (tertiary/aromatic N) is 3. The van der Waals surface area contributed by atoms with E-state index in [2.05, 4.69) is 0 Å². The predicted molar refractivity (Wildman–Crippen MR) is 164 cm³/mol. The van der Waals surface area contributed by atoms with Gasteiger partial charge < -0.3 is 24.5 Å². The van der Waals surface area contributed by atoms with Crippen molar-refractivity contribution in [1.82, 2.24) is 4.90 Å². The highest BCUT2D eigenvalue weighted by molar-refractivity contribution is 6.08. The topological polar surface area (TPSA) is 90.4 Å². The smallest absolute Gasteiger partial charge is 0.253 e. The molecule has 1 spiro atoms. The number of benzene rings is 3. The van der Waals surface area contributed by atoms with Crippen LogP contribution in [-0.2, 0) is 19.1 Å². The molecule has 0 saturated carbocycles. The summed E-state index contributed by atoms with van der Waals surface area (Å²) in [4.78, 5) is 48.6. The number of unbranched alkanes of at least 4 members (excludes halogenated alkanes) is 1. The first-order valence-corrected chi connectivity index (χ1v) is 15.0. The number of hydrogen-bond acceptors (Lipinski definition) is 5. The van der Waals surface area contributed by atoms with Gasteiger partial charge in [0, 0.05) is 37.6 Å². The Balaban J connectivity index is 1.33. The standard InChI is InChI=1S/C35H35N3O5/c1-34-17-9-20-36(26-13-3-2-4-14-26)31(40)28(34)29-32(41)38(19-7-8-22-39)30-33(42)37(21-10-18-35(29,30)43-34)27-16-15-24-11-5-6-12-25(24)23-27/h2-6,9-18,23,28-30,39H,7-8,19-22H2,1H3/t28-,29+,30?,34+,35+/m1/s1. The van der Waals surface area contributed by atoms with E-state index in [0.717, 1.165) is 22.1 Å². The second kappa shape index (κ2) is 10.5. The molecule has 3 aromatic rings. The lowest BCUT2D eigenvalue weighted by Gasteiger charge is -2.37. The third kappa shape index (κ3) is 4.23. The molecule has 3 amide bonds. The van der Waals surface area contributed by atoms with Crippen LogP contribution in [0.25, 0.3) is 10.8 Å². The number of anilines is 2. The van der Waals surface area contributed by atoms with Gasteiger partial charge in [-0.2, -0.15) is 0 Å². The van der Waals surface area contributed by atoms with E-state index < -0.39 is 29.1 Å². The van der Waals surface area contributed by atoms with Gasteiger partial charge in [-0.3, -0.25) is 14.4 Å². The molecule has 4 aliphatic heterocycles. The molecule has 4 heterocycles. The summed E-state index contributed by atoms with van der Waals surface area (Å²) < 4.78 is 6.93. The van der Waals surface area contributed by atoms with Crippen molar-refractivity contribution in [3.8, 4) is 0 Å². The van der Waals surface area contributed by atoms with E-state index in [0.29, 0.717) is 25.9 Å². The van der Waals surface area contributed by atoms with Crippen LogP contribution < -0.4 is 9.80 Å². The largest absolute Gasteiger partial charge is 0.396 e. The third-order valence-corrected chi connectivity index (χ3v) is 9.48. The summed E-state index contributed by atoms with van der Waals surface area (Å²) in [6.45, 7) is 2.81. The van der Waals surface area contributed by atoms with Crippen LogP contribution in [-0.4, -0.2) is 71.2 Å². The van der Waals surface area contributed by atoms with Gasteiger partial charge in [0.15, 0.2) is 0 Å². The van der Waals surface area contributed by atoms with Crippen molar-refractivity contribution in [3.63, 3.8) is 0 Å². The molecule has 0 aromatic heterocycles. The van der Waals surface area contributed by atoms with Crippen molar-refractivity contribution >= 4 is 39.9 Å². The number of para-hydroxylation sites is 1. The van der Waals surface area contributed by atoms with E-state index in [1.807, 2.05) is 104 Å². The van der Waals surface area contributed by atoms with Crippen LogP contribution in [0.3, 0.4) is 0 Å². The van der Waals surface area contributed by atoms with E-state index in [4.69, 9.17) is 4.74 Å². The maximum absolute atomic E-state index is 14.7. The van der Waals surface area contributed by atoms with Crippen LogP contribution in [0.4, 0.5) is 11.4 Å². The number of rotatable bonds is 6. The average molecular weight is 578 g/mol. The molecule has 0 aliphatic carbocycles. The van der Waals surface area contributed by atoms with Gasteiger partial charge >= 0.3 is 0 Å². The summed E-state index contributed by atoms with van der Waals surface area (Å²) in [5, 5.41) is 11.6. The van der Waals surface area contributed by atoms with E-state index >= 15 is 0 Å². The monoisotopic (exact) mass is 577 g/mol. The molecule has 0 radical (unpaired) electrons. The Bertz CT molecular complexity index is 1650. The van der Waals surface area contributed by atoms with Crippen LogP contribution in [0.1, 0.15) is 19.8 Å². The second-order valence-electron chi connectivity index (χ2n) is 12.0. The number of aliphatic hydroxyl groups excluding tert-OH is 1. The molecule has 0 bridgehead atoms. The number of fused-ring (bicyclic) bond motifs is 3. The molecule has 7 rings (SSSR count). The maximum Gasteiger partial charge on any atom is 0.253 e. The zero-order valence-corrected chi connectivity index (χ0v) is 24.1. The summed E-state index contributed by atoms with van der Waals surface area (Å²) in [5.74, 6) is -2.40. The third-order valence-electron chi connectivity index (χ3n) is 9.48. The van der Waals surface area contributed by atoms with E-state index in [9.17, 15) is 19.5 Å². The molecule has 4 aliphatic rings. The number of hydrogen-bond donors (Lipinski definition) is 1. The fourth-order valence-electron chi connectivity index (χ4n) is 7.57. The first-order valence-electron chi connectivity index (χ1n) is 15.0. The molecule has 220 valence electrons. The molecule has 2 fully saturated rings. The van der Waals surface area contributed by atoms with Crippen LogP contribution in [0, 0.1) is 11.8 Å². The molecular weight excluding hydrogens is 542 g/mol. The zero-order chi connectivity index (χ0) is 29.8. The van der Waals surface area contributed by atoms with E-state index in [-0.39, 0.29) is 30.9 Å². The summed E-state index contributed by atoms with van der Waals surface area (Å²) in [6, 6.07) is 22.4. The number of carbonyl (C=O) groups is 3. The quantitative estimate of drug-likeness (QED) is 0.352. The average Bonchev–Trinajstić information content (AvgIpc) is 3.28. The van der Waals surface area contributed by atoms with Gasteiger partial charge in [-0.15, -0.1) is 0 Å². The first-order chi connectivity index (χ1) is 20.9. The fraction of sp³-hybridized carbons (Fsp3) is 0.343. The maximum atomic E-state index is 14.7. The van der Waals surface area contributed by atoms with Crippen LogP contribution in [0.2, 0.25) is 0 Å². The molecule has 5 atom stereocenters. The Labute approximate surface area is 250 Å². The molecule has 1 N–H and O–H groups in total. The van der Waals surface area contributed by atoms with Crippen LogP contribution in [0.5, 0.6) is 0 Å². The van der Waals surface area contributed by atoms with Gasteiger partial charge in [-0.05, 0) is 54.8 Å². The van der Waals surface area contributed by atoms with Crippen molar-refractivity contribution in [3.05, 3.63) is 97.1 Å². The number of carbonyl (C=O) groups excluding carboxylic acids is 3. The summed E-state index contributed by atoms with van der Waals surface area (Å²) in [6.07, 6.45) is 8.63. The van der Waals surface area contributed by atoms with Crippen molar-refractivity contribution in [1.29, 1.82) is 0 Å². The number of aliphatic hydroxyl groups is 1.